The predicted octanol–water partition coefficient (Wildman–Crippen LogP) is 15.6. The van der Waals surface area contributed by atoms with E-state index in [-0.39, 0.29) is 12.5 Å². The van der Waals surface area contributed by atoms with Gasteiger partial charge < -0.3 is 35.2 Å². The van der Waals surface area contributed by atoms with Gasteiger partial charge in [0, 0.05) is 6.42 Å². The van der Waals surface area contributed by atoms with Crippen molar-refractivity contribution in [3.8, 4) is 0 Å². The van der Waals surface area contributed by atoms with E-state index in [1.165, 1.54) is 250 Å². The molecule has 1 amide bonds. The molecule has 1 rings (SSSR count). The molecular formula is C61H121NO11S. The minimum atomic E-state index is -5.08. The van der Waals surface area contributed by atoms with E-state index in [1.807, 2.05) is 0 Å². The van der Waals surface area contributed by atoms with Gasteiger partial charge in [0.05, 0.1) is 25.4 Å². The van der Waals surface area contributed by atoms with E-state index in [9.17, 15) is 38.2 Å². The van der Waals surface area contributed by atoms with Crippen LogP contribution in [0.4, 0.5) is 0 Å². The Morgan fingerprint density at radius 3 is 1.08 bits per heavy atom. The van der Waals surface area contributed by atoms with Crippen LogP contribution in [0.3, 0.4) is 0 Å². The zero-order chi connectivity index (χ0) is 54.0. The van der Waals surface area contributed by atoms with Crippen molar-refractivity contribution in [1.29, 1.82) is 0 Å². The fourth-order valence-electron chi connectivity index (χ4n) is 10.8. The van der Waals surface area contributed by atoms with Gasteiger partial charge in [-0.1, -0.05) is 309 Å². The summed E-state index contributed by atoms with van der Waals surface area (Å²) in [6.45, 7) is 3.52. The first kappa shape index (κ1) is 71.1. The van der Waals surface area contributed by atoms with Crippen LogP contribution in [0.2, 0.25) is 0 Å². The average Bonchev–Trinajstić information content (AvgIpc) is 3.38. The van der Waals surface area contributed by atoms with Gasteiger partial charge in [-0.25, -0.2) is 4.18 Å². The SMILES string of the molecule is CCCCCCCCCCCCCCCCCCCCCCCCCCCCCC(=O)NC(COC1OC(CO)C(O)C(OS(=O)(=O)O)C1O)C(O)CCCCCCCCCCCCCCCCCCCCCC. The second-order valence-electron chi connectivity index (χ2n) is 22.7. The van der Waals surface area contributed by atoms with Crippen LogP contribution in [0, 0.1) is 0 Å². The van der Waals surface area contributed by atoms with Crippen LogP contribution in [-0.2, 0) is 28.9 Å². The molecule has 0 spiro atoms. The topological polar surface area (TPSA) is 192 Å². The highest BCUT2D eigenvalue weighted by Crippen LogP contribution is 2.26. The zero-order valence-electron chi connectivity index (χ0n) is 48.2. The van der Waals surface area contributed by atoms with Crippen molar-refractivity contribution >= 4 is 16.3 Å². The quantitative estimate of drug-likeness (QED) is 0.0251. The van der Waals surface area contributed by atoms with Crippen LogP contribution < -0.4 is 5.32 Å². The summed E-state index contributed by atoms with van der Waals surface area (Å²) in [5.74, 6) is -0.220. The molecular weight excluding hydrogens is 955 g/mol. The predicted molar refractivity (Wildman–Crippen MR) is 306 cm³/mol. The number of rotatable bonds is 57. The maximum atomic E-state index is 13.2. The Balaban J connectivity index is 2.27. The maximum Gasteiger partial charge on any atom is 0.397 e. The molecule has 0 aliphatic carbocycles. The third-order valence-electron chi connectivity index (χ3n) is 15.7. The number of carbonyl (C=O) groups excluding carboxylic acids is 1. The fourth-order valence-corrected chi connectivity index (χ4v) is 11.3. The van der Waals surface area contributed by atoms with Gasteiger partial charge in [0.2, 0.25) is 5.91 Å². The number of amides is 1. The number of hydrogen-bond donors (Lipinski definition) is 6. The summed E-state index contributed by atoms with van der Waals surface area (Å²) in [7, 11) is -5.08. The maximum absolute atomic E-state index is 13.2. The Labute approximate surface area is 456 Å². The molecule has 74 heavy (non-hydrogen) atoms. The molecule has 0 bridgehead atoms. The Hall–Kier alpha value is -0.900. The van der Waals surface area contributed by atoms with Crippen LogP contribution in [0.1, 0.15) is 328 Å². The third kappa shape index (κ3) is 43.0. The van der Waals surface area contributed by atoms with Crippen molar-refractivity contribution in [1.82, 2.24) is 5.32 Å². The lowest BCUT2D eigenvalue weighted by Gasteiger charge is -2.41. The van der Waals surface area contributed by atoms with Crippen LogP contribution in [-0.4, -0.2) is 95.4 Å². The van der Waals surface area contributed by atoms with E-state index >= 15 is 0 Å². The van der Waals surface area contributed by atoms with Crippen LogP contribution in [0.25, 0.3) is 0 Å². The van der Waals surface area contributed by atoms with Gasteiger partial charge in [-0.15, -0.1) is 0 Å². The molecule has 13 heteroatoms. The fraction of sp³-hybridized carbons (Fsp3) is 0.984. The van der Waals surface area contributed by atoms with E-state index in [4.69, 9.17) is 9.47 Å². The van der Waals surface area contributed by atoms with E-state index in [0.29, 0.717) is 12.8 Å². The third-order valence-corrected chi connectivity index (χ3v) is 16.1. The van der Waals surface area contributed by atoms with Gasteiger partial charge in [0.25, 0.3) is 0 Å². The number of aliphatic hydroxyl groups excluding tert-OH is 4. The van der Waals surface area contributed by atoms with Crippen LogP contribution in [0.5, 0.6) is 0 Å². The first-order valence-electron chi connectivity index (χ1n) is 31.9. The van der Waals surface area contributed by atoms with Crippen LogP contribution >= 0.6 is 0 Å². The molecule has 1 aliphatic heterocycles. The number of unbranched alkanes of at least 4 members (excludes halogenated alkanes) is 45. The van der Waals surface area contributed by atoms with Gasteiger partial charge >= 0.3 is 10.4 Å². The molecule has 1 saturated heterocycles. The Morgan fingerprint density at radius 2 is 0.784 bits per heavy atom. The molecule has 1 heterocycles. The number of nitrogens with one attached hydrogen (secondary N) is 1. The second kappa shape index (κ2) is 51.5. The van der Waals surface area contributed by atoms with Crippen molar-refractivity contribution < 1.29 is 51.8 Å². The summed E-state index contributed by atoms with van der Waals surface area (Å²) in [5, 5.41) is 45.2. The van der Waals surface area contributed by atoms with Gasteiger partial charge in [0.1, 0.15) is 24.4 Å². The minimum Gasteiger partial charge on any atom is -0.394 e. The second-order valence-corrected chi connectivity index (χ2v) is 23.8. The zero-order valence-corrected chi connectivity index (χ0v) is 49.0. The number of aliphatic hydroxyl groups is 4. The molecule has 0 aromatic heterocycles. The first-order valence-corrected chi connectivity index (χ1v) is 33.3. The first-order chi connectivity index (χ1) is 36.0. The van der Waals surface area contributed by atoms with Gasteiger partial charge in [-0.05, 0) is 12.8 Å². The van der Waals surface area contributed by atoms with Gasteiger partial charge in [0.15, 0.2) is 6.29 Å². The highest BCUT2D eigenvalue weighted by molar-refractivity contribution is 7.80. The molecule has 1 fully saturated rings. The van der Waals surface area contributed by atoms with Crippen molar-refractivity contribution in [2.24, 2.45) is 0 Å². The monoisotopic (exact) mass is 1080 g/mol. The standard InChI is InChI=1S/C61H121NO11S/c1-3-5-7-9-11-13-15-17-19-21-23-25-26-27-28-29-30-31-33-35-37-39-41-43-45-47-49-51-57(65)62-54(53-71-61-59(67)60(73-74(68,69)70)58(66)56(52-63)72-61)55(64)50-48-46-44-42-40-38-36-34-32-24-22-20-18-16-14-12-10-8-6-4-2/h54-56,58-61,63-64,66-67H,3-53H2,1-2H3,(H,62,65)(H,68,69,70). The van der Waals surface area contributed by atoms with Crippen molar-refractivity contribution in [3.63, 3.8) is 0 Å². The Kier molecular flexibility index (Phi) is 49.5. The van der Waals surface area contributed by atoms with Crippen molar-refractivity contribution in [2.75, 3.05) is 13.2 Å². The van der Waals surface area contributed by atoms with E-state index in [1.54, 1.807) is 0 Å². The van der Waals surface area contributed by atoms with Gasteiger partial charge in [-0.3, -0.25) is 9.35 Å². The van der Waals surface area contributed by atoms with Crippen molar-refractivity contribution in [3.05, 3.63) is 0 Å². The summed E-state index contributed by atoms with van der Waals surface area (Å²) in [5.41, 5.74) is 0. The molecule has 0 saturated carbocycles. The number of ether oxygens (including phenoxy) is 2. The molecule has 7 unspecified atom stereocenters. The molecule has 7 atom stereocenters. The van der Waals surface area contributed by atoms with Crippen LogP contribution in [0.15, 0.2) is 0 Å². The summed E-state index contributed by atoms with van der Waals surface area (Å²) in [4.78, 5) is 13.2. The van der Waals surface area contributed by atoms with E-state index < -0.39 is 59.9 Å². The Morgan fingerprint density at radius 1 is 0.486 bits per heavy atom. The number of carbonyl (C=O) groups is 1. The number of hydrogen-bond acceptors (Lipinski definition) is 10. The van der Waals surface area contributed by atoms with Crippen molar-refractivity contribution in [2.45, 2.75) is 371 Å². The Bertz CT molecular complexity index is 1310. The molecule has 12 nitrogen and oxygen atoms in total. The minimum absolute atomic E-state index is 0.220. The summed E-state index contributed by atoms with van der Waals surface area (Å²) in [6.07, 6.45) is 52.6. The highest BCUT2D eigenvalue weighted by atomic mass is 32.3. The smallest absolute Gasteiger partial charge is 0.394 e. The summed E-state index contributed by atoms with van der Waals surface area (Å²) < 4.78 is 48.0. The molecule has 442 valence electrons. The summed E-state index contributed by atoms with van der Waals surface area (Å²) >= 11 is 0. The normalized spacial score (nSPS) is 19.0. The van der Waals surface area contributed by atoms with E-state index in [0.717, 1.165) is 51.4 Å². The lowest BCUT2D eigenvalue weighted by Crippen LogP contribution is -2.61. The molecule has 1 aliphatic rings. The molecule has 0 aromatic carbocycles. The average molecular weight is 1080 g/mol. The van der Waals surface area contributed by atoms with E-state index in [2.05, 4.69) is 23.3 Å². The lowest BCUT2D eigenvalue weighted by atomic mass is 9.99. The highest BCUT2D eigenvalue weighted by Gasteiger charge is 2.48. The molecule has 6 N–H and O–H groups in total. The largest absolute Gasteiger partial charge is 0.397 e. The van der Waals surface area contributed by atoms with Gasteiger partial charge in [-0.2, -0.15) is 8.42 Å². The molecule has 0 aromatic rings. The summed E-state index contributed by atoms with van der Waals surface area (Å²) in [6, 6.07) is -0.854. The lowest BCUT2D eigenvalue weighted by molar-refractivity contribution is -0.298. The molecule has 0 radical (unpaired) electrons.